The molecule has 2 rings (SSSR count). The summed E-state index contributed by atoms with van der Waals surface area (Å²) in [7, 11) is -2.76. The van der Waals surface area contributed by atoms with Gasteiger partial charge in [0, 0.05) is 6.42 Å². The van der Waals surface area contributed by atoms with E-state index in [-0.39, 0.29) is 25.2 Å². The topological polar surface area (TPSA) is 116 Å². The summed E-state index contributed by atoms with van der Waals surface area (Å²) in [5.41, 5.74) is 1.67. The zero-order valence-corrected chi connectivity index (χ0v) is 18.8. The summed E-state index contributed by atoms with van der Waals surface area (Å²) in [5, 5.41) is 25.2. The van der Waals surface area contributed by atoms with Gasteiger partial charge in [0.1, 0.15) is 11.9 Å². The van der Waals surface area contributed by atoms with Crippen LogP contribution < -0.4 is 10.4 Å². The predicted molar refractivity (Wildman–Crippen MR) is 121 cm³/mol. The number of aliphatic hydroxyl groups excluding tert-OH is 1. The molecule has 0 bridgehead atoms. The molecular weight excluding hydrogens is 415 g/mol. The molecule has 2 aromatic carbocycles. The Morgan fingerprint density at radius 1 is 0.903 bits per heavy atom. The minimum Gasteiger partial charge on any atom is -0.480 e. The summed E-state index contributed by atoms with van der Waals surface area (Å²) in [6.45, 7) is 3.75. The Balaban J connectivity index is 2.12. The lowest BCUT2D eigenvalue weighted by Gasteiger charge is -2.23. The van der Waals surface area contributed by atoms with E-state index in [0.29, 0.717) is 0 Å². The number of hydrogen-bond donors (Lipinski definition) is 4. The van der Waals surface area contributed by atoms with Crippen molar-refractivity contribution < 1.29 is 24.4 Å². The van der Waals surface area contributed by atoms with Gasteiger partial charge < -0.3 is 20.1 Å². The number of carboxylic acids is 1. The van der Waals surface area contributed by atoms with Gasteiger partial charge in [-0.1, -0.05) is 74.5 Å². The van der Waals surface area contributed by atoms with Gasteiger partial charge in [-0.2, -0.15) is 0 Å². The average Bonchev–Trinajstić information content (AvgIpc) is 2.73. The van der Waals surface area contributed by atoms with E-state index in [9.17, 15) is 24.4 Å². The van der Waals surface area contributed by atoms with Crippen LogP contribution in [0.25, 0.3) is 0 Å². The Morgan fingerprint density at radius 3 is 1.90 bits per heavy atom. The zero-order chi connectivity index (χ0) is 22.8. The van der Waals surface area contributed by atoms with Crippen molar-refractivity contribution in [2.75, 3.05) is 0 Å². The van der Waals surface area contributed by atoms with E-state index in [4.69, 9.17) is 0 Å². The Morgan fingerprint density at radius 2 is 1.42 bits per heavy atom. The Hall–Kier alpha value is -2.47. The van der Waals surface area contributed by atoms with Crippen LogP contribution in [0, 0.1) is 5.92 Å². The maximum atomic E-state index is 12.9. The molecular formula is C23H31N2O5P. The van der Waals surface area contributed by atoms with Crippen molar-refractivity contribution in [3.63, 3.8) is 0 Å². The lowest BCUT2D eigenvalue weighted by molar-refractivity contribution is -0.142. The summed E-state index contributed by atoms with van der Waals surface area (Å²) in [5.74, 6) is -2.74. The van der Waals surface area contributed by atoms with Crippen molar-refractivity contribution in [1.29, 1.82) is 0 Å². The molecule has 0 aliphatic heterocycles. The van der Waals surface area contributed by atoms with Gasteiger partial charge in [0.05, 0.1) is 6.04 Å². The monoisotopic (exact) mass is 446 g/mol. The molecule has 0 fully saturated rings. The largest absolute Gasteiger partial charge is 0.480 e. The second-order valence-electron chi connectivity index (χ2n) is 7.99. The number of rotatable bonds is 12. The zero-order valence-electron chi connectivity index (χ0n) is 17.8. The number of benzene rings is 2. The van der Waals surface area contributed by atoms with Gasteiger partial charge in [-0.05, 0) is 29.9 Å². The van der Waals surface area contributed by atoms with Crippen LogP contribution in [0.2, 0.25) is 0 Å². The van der Waals surface area contributed by atoms with Gasteiger partial charge >= 0.3 is 5.97 Å². The van der Waals surface area contributed by atoms with Crippen LogP contribution in [-0.2, 0) is 27.0 Å². The molecule has 0 aliphatic carbocycles. The Bertz CT molecular complexity index is 861. The second kappa shape index (κ2) is 12.4. The van der Waals surface area contributed by atoms with Crippen molar-refractivity contribution in [1.82, 2.24) is 10.4 Å². The summed E-state index contributed by atoms with van der Waals surface area (Å²) in [4.78, 5) is 24.5. The van der Waals surface area contributed by atoms with E-state index in [1.165, 1.54) is 0 Å². The van der Waals surface area contributed by atoms with Gasteiger partial charge in [0.15, 0.2) is 7.95 Å². The number of carbonyl (C=O) groups is 2. The molecule has 0 saturated heterocycles. The predicted octanol–water partition coefficient (Wildman–Crippen LogP) is 2.84. The van der Waals surface area contributed by atoms with Crippen LogP contribution in [-0.4, -0.2) is 40.0 Å². The number of aliphatic carboxylic acids is 1. The van der Waals surface area contributed by atoms with Crippen molar-refractivity contribution in [3.05, 3.63) is 71.8 Å². The van der Waals surface area contributed by atoms with E-state index in [1.807, 2.05) is 74.5 Å². The van der Waals surface area contributed by atoms with E-state index in [1.54, 1.807) is 0 Å². The molecule has 2 unspecified atom stereocenters. The highest BCUT2D eigenvalue weighted by Gasteiger charge is 2.28. The molecule has 7 nitrogen and oxygen atoms in total. The smallest absolute Gasteiger partial charge is 0.326 e. The quantitative estimate of drug-likeness (QED) is 0.373. The van der Waals surface area contributed by atoms with E-state index >= 15 is 0 Å². The van der Waals surface area contributed by atoms with Crippen molar-refractivity contribution in [2.24, 2.45) is 5.92 Å². The maximum absolute atomic E-state index is 12.9. The number of carbonyl (C=O) groups excluding carboxylic acids is 1. The summed E-state index contributed by atoms with van der Waals surface area (Å²) < 4.78 is 12.8. The van der Waals surface area contributed by atoms with Crippen LogP contribution in [0.5, 0.6) is 0 Å². The molecule has 8 heteroatoms. The van der Waals surface area contributed by atoms with Crippen LogP contribution >= 0.6 is 7.95 Å². The van der Waals surface area contributed by atoms with Crippen LogP contribution in [0.4, 0.5) is 0 Å². The van der Waals surface area contributed by atoms with Gasteiger partial charge in [-0.3, -0.25) is 9.88 Å². The summed E-state index contributed by atoms with van der Waals surface area (Å²) in [6, 6.07) is 16.4. The first-order valence-corrected chi connectivity index (χ1v) is 11.8. The van der Waals surface area contributed by atoms with Crippen molar-refractivity contribution >= 4 is 19.8 Å². The van der Waals surface area contributed by atoms with E-state index in [2.05, 4.69) is 10.4 Å². The van der Waals surface area contributed by atoms with Crippen molar-refractivity contribution in [2.45, 2.75) is 51.0 Å². The van der Waals surface area contributed by atoms with E-state index < -0.39 is 37.8 Å². The highest BCUT2D eigenvalue weighted by Crippen LogP contribution is 2.26. The fourth-order valence-corrected chi connectivity index (χ4v) is 4.41. The van der Waals surface area contributed by atoms with Crippen LogP contribution in [0.15, 0.2) is 60.7 Å². The molecule has 0 spiro atoms. The fourth-order valence-electron chi connectivity index (χ4n) is 3.22. The Kier molecular flexibility index (Phi) is 9.92. The summed E-state index contributed by atoms with van der Waals surface area (Å²) in [6.07, 6.45) is 0.691. The van der Waals surface area contributed by atoms with Crippen molar-refractivity contribution in [3.8, 4) is 0 Å². The highest BCUT2D eigenvalue weighted by molar-refractivity contribution is 7.43. The average molecular weight is 446 g/mol. The molecule has 0 saturated carbocycles. The lowest BCUT2D eigenvalue weighted by Crippen LogP contribution is -2.50. The minimum absolute atomic E-state index is 0.0776. The SMILES string of the molecule is CC(C)C[C@H](NC(=O)[C@H](Cc1ccccc1)N[PH](=O)C(O)Cc1ccccc1)C(=O)O. The Labute approximate surface area is 183 Å². The third-order valence-corrected chi connectivity index (χ3v) is 6.25. The fraction of sp³-hybridized carbons (Fsp3) is 0.391. The highest BCUT2D eigenvalue weighted by atomic mass is 31.1. The molecule has 0 aliphatic rings. The van der Waals surface area contributed by atoms with Gasteiger partial charge in [0.2, 0.25) is 5.91 Å². The number of amides is 1. The normalized spacial score (nSPS) is 15.1. The molecule has 31 heavy (non-hydrogen) atoms. The molecule has 0 heterocycles. The number of nitrogens with one attached hydrogen (secondary N) is 2. The first-order chi connectivity index (χ1) is 14.8. The van der Waals surface area contributed by atoms with E-state index in [0.717, 1.165) is 11.1 Å². The molecule has 4 atom stereocenters. The molecule has 2 aromatic rings. The molecule has 1 amide bonds. The molecule has 0 radical (unpaired) electrons. The third kappa shape index (κ3) is 8.66. The first-order valence-electron chi connectivity index (χ1n) is 10.4. The lowest BCUT2D eigenvalue weighted by atomic mass is 10.0. The number of aliphatic hydroxyl groups is 1. The first kappa shape index (κ1) is 24.8. The molecule has 168 valence electrons. The number of carboxylic acid groups (broad SMARTS) is 1. The standard InChI is InChI=1S/C23H31N2O5P/c1-16(2)13-20(23(28)29)24-22(27)19(14-17-9-5-3-6-10-17)25-31(30)21(26)15-18-11-7-4-8-12-18/h3-12,16,19-21,26,31H,13-15H2,1-2H3,(H,24,27)(H,25,30)(H,28,29)/t19-,20-,21?/m0/s1. The van der Waals surface area contributed by atoms with Gasteiger partial charge in [-0.15, -0.1) is 0 Å². The van der Waals surface area contributed by atoms with Gasteiger partial charge in [-0.25, -0.2) is 4.79 Å². The summed E-state index contributed by atoms with van der Waals surface area (Å²) >= 11 is 0. The van der Waals surface area contributed by atoms with Gasteiger partial charge in [0.25, 0.3) is 0 Å². The second-order valence-corrected chi connectivity index (χ2v) is 9.67. The molecule has 0 aromatic heterocycles. The van der Waals surface area contributed by atoms with Crippen LogP contribution in [0.1, 0.15) is 31.4 Å². The number of hydrogen-bond acceptors (Lipinski definition) is 4. The maximum Gasteiger partial charge on any atom is 0.326 e. The molecule has 4 N–H and O–H groups in total. The van der Waals surface area contributed by atoms with Crippen LogP contribution in [0.3, 0.4) is 0 Å². The minimum atomic E-state index is -2.76. The third-order valence-electron chi connectivity index (χ3n) is 4.81.